The molecule has 0 spiro atoms. The third-order valence-corrected chi connectivity index (χ3v) is 3.85. The van der Waals surface area contributed by atoms with Crippen LogP contribution < -0.4 is 0 Å². The van der Waals surface area contributed by atoms with Crippen molar-refractivity contribution in [1.29, 1.82) is 0 Å². The molecule has 0 bridgehead atoms. The van der Waals surface area contributed by atoms with Crippen molar-refractivity contribution in [2.45, 2.75) is 0 Å². The zero-order chi connectivity index (χ0) is 14.5. The molecule has 1 aliphatic rings. The van der Waals surface area contributed by atoms with E-state index in [2.05, 4.69) is 28.9 Å². The first-order valence-electron chi connectivity index (χ1n) is 6.84. The number of hydrogen-bond acceptors (Lipinski definition) is 4. The van der Waals surface area contributed by atoms with Crippen molar-refractivity contribution in [3.63, 3.8) is 0 Å². The monoisotopic (exact) mass is 296 g/mol. The number of amides is 1. The summed E-state index contributed by atoms with van der Waals surface area (Å²) >= 11 is 6.05. The van der Waals surface area contributed by atoms with Gasteiger partial charge in [-0.05, 0) is 20.2 Å². The molecule has 0 unspecified atom stereocenters. The lowest BCUT2D eigenvalue weighted by Gasteiger charge is -2.35. The Morgan fingerprint density at radius 2 is 2.05 bits per heavy atom. The summed E-state index contributed by atoms with van der Waals surface area (Å²) in [6.45, 7) is 5.41. The Morgan fingerprint density at radius 3 is 2.65 bits per heavy atom. The molecule has 0 aliphatic carbocycles. The van der Waals surface area contributed by atoms with Gasteiger partial charge in [-0.1, -0.05) is 11.6 Å². The number of aromatic nitrogens is 1. The van der Waals surface area contributed by atoms with Crippen LogP contribution in [0.15, 0.2) is 18.5 Å². The van der Waals surface area contributed by atoms with Crippen molar-refractivity contribution in [3.8, 4) is 0 Å². The standard InChI is InChI=1S/C14H21ClN4O/c1-17(2)5-6-18-7-9-19(10-8-18)14(20)12-11-16-4-3-13(12)15/h3-4,11H,5-10H2,1-2H3. The molecule has 2 rings (SSSR count). The average Bonchev–Trinajstić information content (AvgIpc) is 2.45. The predicted octanol–water partition coefficient (Wildman–Crippen LogP) is 1.05. The van der Waals surface area contributed by atoms with Crippen LogP contribution in [0.1, 0.15) is 10.4 Å². The third-order valence-electron chi connectivity index (χ3n) is 3.52. The van der Waals surface area contributed by atoms with E-state index in [-0.39, 0.29) is 5.91 Å². The second-order valence-corrected chi connectivity index (χ2v) is 5.70. The van der Waals surface area contributed by atoms with Gasteiger partial charge in [0, 0.05) is 51.7 Å². The molecule has 1 saturated heterocycles. The summed E-state index contributed by atoms with van der Waals surface area (Å²) in [5.74, 6) is -0.0182. The number of pyridine rings is 1. The minimum atomic E-state index is -0.0182. The van der Waals surface area contributed by atoms with Crippen molar-refractivity contribution >= 4 is 17.5 Å². The summed E-state index contributed by atoms with van der Waals surface area (Å²) in [6, 6.07) is 1.65. The third kappa shape index (κ3) is 3.91. The molecule has 0 radical (unpaired) electrons. The van der Waals surface area contributed by atoms with Crippen molar-refractivity contribution < 1.29 is 4.79 Å². The van der Waals surface area contributed by atoms with E-state index in [1.54, 1.807) is 18.5 Å². The number of likely N-dealkylation sites (N-methyl/N-ethyl adjacent to an activating group) is 1. The minimum absolute atomic E-state index is 0.0182. The summed E-state index contributed by atoms with van der Waals surface area (Å²) in [4.78, 5) is 22.8. The van der Waals surface area contributed by atoms with E-state index in [0.29, 0.717) is 10.6 Å². The molecule has 1 amide bonds. The molecule has 1 aromatic rings. The fourth-order valence-electron chi connectivity index (χ4n) is 2.22. The molecule has 0 saturated carbocycles. The maximum absolute atomic E-state index is 12.4. The van der Waals surface area contributed by atoms with Gasteiger partial charge in [0.05, 0.1) is 10.6 Å². The van der Waals surface area contributed by atoms with Crippen molar-refractivity contribution in [2.75, 3.05) is 53.4 Å². The van der Waals surface area contributed by atoms with Crippen LogP contribution in [0.25, 0.3) is 0 Å². The Hall–Kier alpha value is -1.17. The van der Waals surface area contributed by atoms with Crippen LogP contribution in [0.2, 0.25) is 5.02 Å². The van der Waals surface area contributed by atoms with Gasteiger partial charge in [-0.15, -0.1) is 0 Å². The summed E-state index contributed by atoms with van der Waals surface area (Å²) in [7, 11) is 4.15. The summed E-state index contributed by atoms with van der Waals surface area (Å²) in [6.07, 6.45) is 3.14. The van der Waals surface area contributed by atoms with E-state index in [1.165, 1.54) is 0 Å². The largest absolute Gasteiger partial charge is 0.336 e. The van der Waals surface area contributed by atoms with Crippen LogP contribution in [0.3, 0.4) is 0 Å². The molecule has 0 atom stereocenters. The van der Waals surface area contributed by atoms with Crippen molar-refractivity contribution in [2.24, 2.45) is 0 Å². The molecule has 110 valence electrons. The van der Waals surface area contributed by atoms with Crippen molar-refractivity contribution in [3.05, 3.63) is 29.0 Å². The first kappa shape index (κ1) is 15.2. The Morgan fingerprint density at radius 1 is 1.35 bits per heavy atom. The summed E-state index contributed by atoms with van der Waals surface area (Å²) < 4.78 is 0. The van der Waals surface area contributed by atoms with Crippen LogP contribution in [0, 0.1) is 0 Å². The molecule has 6 heteroatoms. The Balaban J connectivity index is 1.88. The van der Waals surface area contributed by atoms with E-state index in [1.807, 2.05) is 4.90 Å². The lowest BCUT2D eigenvalue weighted by Crippen LogP contribution is -2.50. The molecule has 1 fully saturated rings. The van der Waals surface area contributed by atoms with Gasteiger partial charge in [0.15, 0.2) is 0 Å². The van der Waals surface area contributed by atoms with Gasteiger partial charge in [-0.3, -0.25) is 14.7 Å². The average molecular weight is 297 g/mol. The first-order valence-corrected chi connectivity index (χ1v) is 7.21. The van der Waals surface area contributed by atoms with Gasteiger partial charge in [0.2, 0.25) is 0 Å². The fourth-order valence-corrected chi connectivity index (χ4v) is 2.41. The highest BCUT2D eigenvalue weighted by Crippen LogP contribution is 2.16. The van der Waals surface area contributed by atoms with Gasteiger partial charge < -0.3 is 9.80 Å². The van der Waals surface area contributed by atoms with Crippen LogP contribution in [-0.2, 0) is 0 Å². The molecule has 2 heterocycles. The van der Waals surface area contributed by atoms with Gasteiger partial charge in [-0.25, -0.2) is 0 Å². The van der Waals surface area contributed by atoms with E-state index in [4.69, 9.17) is 11.6 Å². The maximum Gasteiger partial charge on any atom is 0.257 e. The van der Waals surface area contributed by atoms with Crippen LogP contribution in [0.5, 0.6) is 0 Å². The highest BCUT2D eigenvalue weighted by Gasteiger charge is 2.23. The SMILES string of the molecule is CN(C)CCN1CCN(C(=O)c2cnccc2Cl)CC1. The highest BCUT2D eigenvalue weighted by molar-refractivity contribution is 6.33. The highest BCUT2D eigenvalue weighted by atomic mass is 35.5. The number of carbonyl (C=O) groups excluding carboxylic acids is 1. The number of carbonyl (C=O) groups is 1. The first-order chi connectivity index (χ1) is 9.58. The number of halogens is 1. The lowest BCUT2D eigenvalue weighted by atomic mass is 10.2. The van der Waals surface area contributed by atoms with Gasteiger partial charge in [0.1, 0.15) is 0 Å². The Bertz CT molecular complexity index is 458. The normalized spacial score (nSPS) is 16.7. The smallest absolute Gasteiger partial charge is 0.257 e. The van der Waals surface area contributed by atoms with Crippen molar-refractivity contribution in [1.82, 2.24) is 19.7 Å². The molecular formula is C14H21ClN4O. The second-order valence-electron chi connectivity index (χ2n) is 5.29. The van der Waals surface area contributed by atoms with Gasteiger partial charge in [-0.2, -0.15) is 0 Å². The van der Waals surface area contributed by atoms with E-state index < -0.39 is 0 Å². The van der Waals surface area contributed by atoms with Gasteiger partial charge >= 0.3 is 0 Å². The topological polar surface area (TPSA) is 39.7 Å². The predicted molar refractivity (Wildman–Crippen MR) is 80.1 cm³/mol. The molecule has 20 heavy (non-hydrogen) atoms. The van der Waals surface area contributed by atoms with E-state index in [0.717, 1.165) is 39.3 Å². The van der Waals surface area contributed by atoms with Gasteiger partial charge in [0.25, 0.3) is 5.91 Å². The Labute approximate surface area is 125 Å². The van der Waals surface area contributed by atoms with Crippen LogP contribution in [0.4, 0.5) is 0 Å². The van der Waals surface area contributed by atoms with E-state index >= 15 is 0 Å². The number of piperazine rings is 1. The second kappa shape index (κ2) is 7.02. The lowest BCUT2D eigenvalue weighted by molar-refractivity contribution is 0.0629. The maximum atomic E-state index is 12.4. The number of nitrogens with zero attached hydrogens (tertiary/aromatic N) is 4. The molecule has 1 aliphatic heterocycles. The fraction of sp³-hybridized carbons (Fsp3) is 0.571. The summed E-state index contributed by atoms with van der Waals surface area (Å²) in [5.41, 5.74) is 0.496. The zero-order valence-corrected chi connectivity index (χ0v) is 12.8. The van der Waals surface area contributed by atoms with Crippen LogP contribution >= 0.6 is 11.6 Å². The molecule has 0 aromatic carbocycles. The number of rotatable bonds is 4. The molecule has 0 N–H and O–H groups in total. The quantitative estimate of drug-likeness (QED) is 0.833. The summed E-state index contributed by atoms with van der Waals surface area (Å²) in [5, 5.41) is 0.472. The van der Waals surface area contributed by atoms with Crippen LogP contribution in [-0.4, -0.2) is 79.0 Å². The minimum Gasteiger partial charge on any atom is -0.336 e. The molecule has 5 nitrogen and oxygen atoms in total. The van der Waals surface area contributed by atoms with E-state index in [9.17, 15) is 4.79 Å². The molecular weight excluding hydrogens is 276 g/mol. The Kier molecular flexibility index (Phi) is 5.34. The number of hydrogen-bond donors (Lipinski definition) is 0. The zero-order valence-electron chi connectivity index (χ0n) is 12.0. The molecule has 1 aromatic heterocycles.